The molecule has 7 rings (SSSR count). The molecule has 0 spiro atoms. The highest BCUT2D eigenvalue weighted by molar-refractivity contribution is 7.16. The van der Waals surface area contributed by atoms with Gasteiger partial charge in [-0.05, 0) is 61.2 Å². The van der Waals surface area contributed by atoms with Crippen LogP contribution in [0.1, 0.15) is 58.5 Å². The molecule has 4 fully saturated rings. The molecular formula is C24H25ClN4OS. The largest absolute Gasteiger partial charge is 0.334 e. The van der Waals surface area contributed by atoms with E-state index in [9.17, 15) is 4.79 Å². The minimum atomic E-state index is 0.126. The standard InChI is InChI=1S/C24H25ClN4OS/c1-14-26-22(18-6-11-31-23(18)27-14)20-13-19(20)17-3-2-15(12-21(17)25)24(30)29-10-9-28-7-4-16(29)5-8-28/h2-3,6,11-12,16,19-20H,4-5,7-10,13H2,1H3/t19-,20+/m1/s1. The number of carbonyl (C=O) groups excluding carboxylic acids is 1. The predicted octanol–water partition coefficient (Wildman–Crippen LogP) is 4.84. The summed E-state index contributed by atoms with van der Waals surface area (Å²) in [5.74, 6) is 1.68. The first-order valence-electron chi connectivity index (χ1n) is 11.1. The summed E-state index contributed by atoms with van der Waals surface area (Å²) < 4.78 is 0. The van der Waals surface area contributed by atoms with Crippen molar-refractivity contribution in [3.63, 3.8) is 0 Å². The molecule has 3 aliphatic heterocycles. The van der Waals surface area contributed by atoms with Gasteiger partial charge >= 0.3 is 0 Å². The molecule has 1 amide bonds. The molecule has 3 saturated heterocycles. The molecule has 0 N–H and O–H groups in total. The molecule has 1 aliphatic carbocycles. The summed E-state index contributed by atoms with van der Waals surface area (Å²) in [4.78, 5) is 28.2. The number of nitrogens with zero attached hydrogens (tertiary/aromatic N) is 4. The van der Waals surface area contributed by atoms with Crippen LogP contribution in [0.15, 0.2) is 29.6 Å². The number of benzene rings is 1. The Morgan fingerprint density at radius 2 is 1.94 bits per heavy atom. The lowest BCUT2D eigenvalue weighted by Crippen LogP contribution is -2.41. The molecule has 160 valence electrons. The topological polar surface area (TPSA) is 49.3 Å². The van der Waals surface area contributed by atoms with E-state index >= 15 is 0 Å². The molecule has 2 aromatic heterocycles. The van der Waals surface area contributed by atoms with Gasteiger partial charge in [0.05, 0.1) is 5.69 Å². The van der Waals surface area contributed by atoms with E-state index in [-0.39, 0.29) is 5.91 Å². The van der Waals surface area contributed by atoms with Crippen LogP contribution >= 0.6 is 22.9 Å². The van der Waals surface area contributed by atoms with Gasteiger partial charge in [-0.3, -0.25) is 4.79 Å². The zero-order valence-corrected chi connectivity index (χ0v) is 19.1. The maximum atomic E-state index is 13.3. The fourth-order valence-electron chi connectivity index (χ4n) is 5.39. The fourth-order valence-corrected chi connectivity index (χ4v) is 6.53. The number of thiophene rings is 1. The quantitative estimate of drug-likeness (QED) is 0.570. The number of amides is 1. The Kier molecular flexibility index (Phi) is 4.78. The van der Waals surface area contributed by atoms with Crippen molar-refractivity contribution in [2.75, 3.05) is 26.2 Å². The Hall–Kier alpha value is -2.02. The lowest BCUT2D eigenvalue weighted by atomic mass is 10.0. The van der Waals surface area contributed by atoms with E-state index in [0.717, 1.165) is 72.7 Å². The molecule has 7 heteroatoms. The monoisotopic (exact) mass is 452 g/mol. The van der Waals surface area contributed by atoms with Gasteiger partial charge in [0.25, 0.3) is 5.91 Å². The normalized spacial score (nSPS) is 27.5. The van der Waals surface area contributed by atoms with Crippen molar-refractivity contribution in [3.8, 4) is 0 Å². The fraction of sp³-hybridized carbons (Fsp3) is 0.458. The van der Waals surface area contributed by atoms with Gasteiger partial charge in [0.15, 0.2) is 0 Å². The van der Waals surface area contributed by atoms with E-state index in [0.29, 0.717) is 28.5 Å². The number of rotatable bonds is 3. The Bertz CT molecular complexity index is 1170. The molecular weight excluding hydrogens is 428 g/mol. The van der Waals surface area contributed by atoms with Gasteiger partial charge in [-0.15, -0.1) is 11.3 Å². The summed E-state index contributed by atoms with van der Waals surface area (Å²) in [6.07, 6.45) is 3.20. The highest BCUT2D eigenvalue weighted by atomic mass is 35.5. The molecule has 4 aliphatic rings. The van der Waals surface area contributed by atoms with Crippen LogP contribution in [-0.4, -0.2) is 57.9 Å². The predicted molar refractivity (Wildman–Crippen MR) is 124 cm³/mol. The second kappa shape index (κ2) is 7.54. The van der Waals surface area contributed by atoms with E-state index in [1.165, 1.54) is 0 Å². The van der Waals surface area contributed by atoms with Gasteiger partial charge in [0, 0.05) is 54.1 Å². The van der Waals surface area contributed by atoms with Crippen LogP contribution in [0.3, 0.4) is 0 Å². The molecule has 2 atom stereocenters. The van der Waals surface area contributed by atoms with Crippen molar-refractivity contribution in [1.82, 2.24) is 19.8 Å². The zero-order valence-electron chi connectivity index (χ0n) is 17.6. The van der Waals surface area contributed by atoms with E-state index in [2.05, 4.69) is 32.3 Å². The maximum absolute atomic E-state index is 13.3. The zero-order chi connectivity index (χ0) is 21.1. The maximum Gasteiger partial charge on any atom is 0.254 e. The van der Waals surface area contributed by atoms with E-state index < -0.39 is 0 Å². The van der Waals surface area contributed by atoms with Crippen molar-refractivity contribution in [2.24, 2.45) is 0 Å². The number of hydrogen-bond donors (Lipinski definition) is 0. The lowest BCUT2D eigenvalue weighted by Gasteiger charge is -2.31. The Morgan fingerprint density at radius 1 is 1.10 bits per heavy atom. The number of aromatic nitrogens is 2. The van der Waals surface area contributed by atoms with Crippen LogP contribution in [0.25, 0.3) is 10.2 Å². The van der Waals surface area contributed by atoms with Crippen molar-refractivity contribution in [1.29, 1.82) is 0 Å². The lowest BCUT2D eigenvalue weighted by molar-refractivity contribution is 0.0685. The third-order valence-corrected chi connectivity index (χ3v) is 8.30. The van der Waals surface area contributed by atoms with Crippen LogP contribution in [0.5, 0.6) is 0 Å². The summed E-state index contributed by atoms with van der Waals surface area (Å²) in [5.41, 5.74) is 2.98. The van der Waals surface area contributed by atoms with Crippen LogP contribution < -0.4 is 0 Å². The Balaban J connectivity index is 1.24. The first-order chi connectivity index (χ1) is 15.1. The van der Waals surface area contributed by atoms with Crippen LogP contribution in [0.2, 0.25) is 5.02 Å². The first-order valence-corrected chi connectivity index (χ1v) is 12.4. The smallest absolute Gasteiger partial charge is 0.254 e. The summed E-state index contributed by atoms with van der Waals surface area (Å²) in [6.45, 7) is 5.97. The minimum Gasteiger partial charge on any atom is -0.334 e. The number of fused-ring (bicyclic) bond motifs is 5. The van der Waals surface area contributed by atoms with Gasteiger partial charge in [-0.2, -0.15) is 0 Å². The molecule has 1 aromatic carbocycles. The second-order valence-electron chi connectivity index (χ2n) is 9.05. The third kappa shape index (κ3) is 3.45. The molecule has 5 heterocycles. The minimum absolute atomic E-state index is 0.126. The van der Waals surface area contributed by atoms with Gasteiger partial charge < -0.3 is 9.80 Å². The van der Waals surface area contributed by atoms with Crippen molar-refractivity contribution in [3.05, 3.63) is 57.3 Å². The van der Waals surface area contributed by atoms with Crippen LogP contribution in [0, 0.1) is 6.92 Å². The number of carbonyl (C=O) groups is 1. The first kappa shape index (κ1) is 19.6. The number of piperidine rings is 1. The summed E-state index contributed by atoms with van der Waals surface area (Å²) in [5, 5.41) is 3.95. The molecule has 3 aromatic rings. The highest BCUT2D eigenvalue weighted by Gasteiger charge is 2.43. The molecule has 31 heavy (non-hydrogen) atoms. The van der Waals surface area contributed by atoms with Crippen molar-refractivity contribution < 1.29 is 4.79 Å². The Labute approximate surface area is 191 Å². The SMILES string of the molecule is Cc1nc([C@H]2C[C@@H]2c2ccc(C(=O)N3CCN4CCC3CC4)cc2Cl)c2ccsc2n1. The van der Waals surface area contributed by atoms with E-state index in [1.807, 2.05) is 19.1 Å². The Morgan fingerprint density at radius 3 is 2.74 bits per heavy atom. The molecule has 2 bridgehead atoms. The molecule has 0 unspecified atom stereocenters. The summed E-state index contributed by atoms with van der Waals surface area (Å²) in [6, 6.07) is 8.42. The molecule has 5 nitrogen and oxygen atoms in total. The van der Waals surface area contributed by atoms with Gasteiger partial charge in [-0.1, -0.05) is 17.7 Å². The highest BCUT2D eigenvalue weighted by Crippen LogP contribution is 2.57. The summed E-state index contributed by atoms with van der Waals surface area (Å²) in [7, 11) is 0. The average Bonchev–Trinajstić information content (AvgIpc) is 3.50. The van der Waals surface area contributed by atoms with Crippen molar-refractivity contribution >= 4 is 39.1 Å². The average molecular weight is 453 g/mol. The van der Waals surface area contributed by atoms with Gasteiger partial charge in [0.2, 0.25) is 0 Å². The molecule has 0 radical (unpaired) electrons. The number of halogens is 1. The van der Waals surface area contributed by atoms with Crippen LogP contribution in [0.4, 0.5) is 0 Å². The van der Waals surface area contributed by atoms with Gasteiger partial charge in [-0.25, -0.2) is 9.97 Å². The number of hydrogen-bond acceptors (Lipinski definition) is 5. The third-order valence-electron chi connectivity index (χ3n) is 7.17. The second-order valence-corrected chi connectivity index (χ2v) is 10.4. The van der Waals surface area contributed by atoms with Gasteiger partial charge in [0.1, 0.15) is 10.7 Å². The van der Waals surface area contributed by atoms with Crippen LogP contribution in [-0.2, 0) is 0 Å². The number of aryl methyl sites for hydroxylation is 1. The molecule has 1 saturated carbocycles. The summed E-state index contributed by atoms with van der Waals surface area (Å²) >= 11 is 8.39. The van der Waals surface area contributed by atoms with E-state index in [1.54, 1.807) is 11.3 Å². The van der Waals surface area contributed by atoms with Crippen molar-refractivity contribution in [2.45, 2.75) is 44.1 Å². The van der Waals surface area contributed by atoms with E-state index in [4.69, 9.17) is 16.6 Å².